The molecule has 0 aliphatic rings. The summed E-state index contributed by atoms with van der Waals surface area (Å²) >= 11 is 9.45. The van der Waals surface area contributed by atoms with Crippen LogP contribution >= 0.6 is 27.5 Å². The smallest absolute Gasteiger partial charge is 0.257 e. The number of nitrogens with zero attached hydrogens (tertiary/aromatic N) is 2. The lowest BCUT2D eigenvalue weighted by Crippen LogP contribution is -2.12. The number of benzene rings is 2. The van der Waals surface area contributed by atoms with Gasteiger partial charge in [-0.2, -0.15) is 0 Å². The van der Waals surface area contributed by atoms with E-state index < -0.39 is 0 Å². The molecule has 0 fully saturated rings. The number of carbonyl (C=O) groups excluding carboxylic acids is 1. The van der Waals surface area contributed by atoms with Crippen LogP contribution in [0.3, 0.4) is 0 Å². The van der Waals surface area contributed by atoms with Gasteiger partial charge in [0.05, 0.1) is 16.1 Å². The summed E-state index contributed by atoms with van der Waals surface area (Å²) in [4.78, 5) is 21.0. The number of rotatable bonds is 3. The highest BCUT2D eigenvalue weighted by Crippen LogP contribution is 2.27. The number of pyridine rings is 1. The van der Waals surface area contributed by atoms with Crippen molar-refractivity contribution in [3.05, 3.63) is 76.0 Å². The molecule has 0 atom stereocenters. The van der Waals surface area contributed by atoms with E-state index in [1.165, 1.54) is 0 Å². The molecule has 1 N–H and O–H groups in total. The molecule has 2 aromatic carbocycles. The van der Waals surface area contributed by atoms with E-state index in [-0.39, 0.29) is 5.91 Å². The minimum absolute atomic E-state index is 0.283. The third-order valence-electron chi connectivity index (χ3n) is 3.72. The van der Waals surface area contributed by atoms with Crippen LogP contribution in [0.1, 0.15) is 10.4 Å². The Balaban J connectivity index is 1.64. The molecular weight excluding hydrogens is 418 g/mol. The lowest BCUT2D eigenvalue weighted by molar-refractivity contribution is 0.102. The zero-order chi connectivity index (χ0) is 18.1. The van der Waals surface area contributed by atoms with Crippen LogP contribution in [0.25, 0.3) is 22.6 Å². The number of nitrogens with one attached hydrogen (secondary N) is 1. The van der Waals surface area contributed by atoms with E-state index in [1.54, 1.807) is 54.9 Å². The first-order valence-electron chi connectivity index (χ1n) is 7.67. The Bertz CT molecular complexity index is 1130. The summed E-state index contributed by atoms with van der Waals surface area (Å²) in [5, 5.41) is 3.22. The van der Waals surface area contributed by atoms with E-state index in [1.807, 2.05) is 6.07 Å². The van der Waals surface area contributed by atoms with E-state index in [2.05, 4.69) is 31.2 Å². The lowest BCUT2D eigenvalue weighted by Gasteiger charge is -2.06. The standard InChI is InChI=1S/C19H11BrClN3O2/c20-12-7-11(9-22-10-12)19-24-16-8-13(5-6-17(16)26-19)23-18(25)14-3-1-2-4-15(14)21/h1-10H,(H,23,25). The molecule has 0 aliphatic carbocycles. The normalized spacial score (nSPS) is 10.8. The van der Waals surface area contributed by atoms with Gasteiger partial charge in [0.25, 0.3) is 5.91 Å². The fraction of sp³-hybridized carbons (Fsp3) is 0. The largest absolute Gasteiger partial charge is 0.436 e. The number of oxazole rings is 1. The van der Waals surface area contributed by atoms with E-state index in [9.17, 15) is 4.79 Å². The van der Waals surface area contributed by atoms with Crippen LogP contribution in [0.2, 0.25) is 5.02 Å². The minimum Gasteiger partial charge on any atom is -0.436 e. The van der Waals surface area contributed by atoms with E-state index in [0.29, 0.717) is 33.3 Å². The van der Waals surface area contributed by atoms with E-state index in [0.717, 1.165) is 10.0 Å². The molecule has 0 bridgehead atoms. The summed E-state index contributed by atoms with van der Waals surface area (Å²) < 4.78 is 6.60. The summed E-state index contributed by atoms with van der Waals surface area (Å²) in [5.41, 5.74) is 3.04. The molecule has 5 nitrogen and oxygen atoms in total. The number of aromatic nitrogens is 2. The maximum Gasteiger partial charge on any atom is 0.257 e. The van der Waals surface area contributed by atoms with Crippen LogP contribution in [0.4, 0.5) is 5.69 Å². The van der Waals surface area contributed by atoms with Gasteiger partial charge in [0.2, 0.25) is 5.89 Å². The molecule has 0 radical (unpaired) electrons. The van der Waals surface area contributed by atoms with Crippen LogP contribution in [-0.2, 0) is 0 Å². The number of halogens is 2. The van der Waals surface area contributed by atoms with Crippen LogP contribution < -0.4 is 5.32 Å². The fourth-order valence-electron chi connectivity index (χ4n) is 2.50. The first-order valence-corrected chi connectivity index (χ1v) is 8.84. The molecule has 0 aliphatic heterocycles. The number of fused-ring (bicyclic) bond motifs is 1. The van der Waals surface area contributed by atoms with Crippen LogP contribution in [0, 0.1) is 0 Å². The average Bonchev–Trinajstić information content (AvgIpc) is 3.05. The summed E-state index contributed by atoms with van der Waals surface area (Å²) in [6.45, 7) is 0. The minimum atomic E-state index is -0.283. The monoisotopic (exact) mass is 427 g/mol. The Morgan fingerprint density at radius 3 is 2.77 bits per heavy atom. The summed E-state index contributed by atoms with van der Waals surface area (Å²) in [5.74, 6) is 0.179. The third-order valence-corrected chi connectivity index (χ3v) is 4.48. The molecule has 128 valence electrons. The SMILES string of the molecule is O=C(Nc1ccc2oc(-c3cncc(Br)c3)nc2c1)c1ccccc1Cl. The molecule has 0 saturated heterocycles. The Kier molecular flexibility index (Phi) is 4.44. The van der Waals surface area contributed by atoms with Crippen molar-refractivity contribution in [3.8, 4) is 11.5 Å². The second kappa shape index (κ2) is 6.90. The van der Waals surface area contributed by atoms with Crippen LogP contribution in [-0.4, -0.2) is 15.9 Å². The molecule has 2 heterocycles. The van der Waals surface area contributed by atoms with Crippen molar-refractivity contribution in [1.29, 1.82) is 0 Å². The Hall–Kier alpha value is -2.70. The molecule has 7 heteroatoms. The predicted molar refractivity (Wildman–Crippen MR) is 104 cm³/mol. The zero-order valence-corrected chi connectivity index (χ0v) is 15.6. The van der Waals surface area contributed by atoms with E-state index >= 15 is 0 Å². The molecule has 4 rings (SSSR count). The molecule has 0 saturated carbocycles. The predicted octanol–water partition coefficient (Wildman–Crippen LogP) is 5.56. The van der Waals surface area contributed by atoms with Gasteiger partial charge in [-0.15, -0.1) is 0 Å². The molecule has 0 unspecified atom stereocenters. The first kappa shape index (κ1) is 16.8. The van der Waals surface area contributed by atoms with Gasteiger partial charge in [0.1, 0.15) is 5.52 Å². The number of anilines is 1. The third kappa shape index (κ3) is 3.34. The quantitative estimate of drug-likeness (QED) is 0.464. The fourth-order valence-corrected chi connectivity index (χ4v) is 3.09. The van der Waals surface area contributed by atoms with Crippen molar-refractivity contribution in [1.82, 2.24) is 9.97 Å². The maximum atomic E-state index is 12.4. The van der Waals surface area contributed by atoms with Crippen molar-refractivity contribution in [2.24, 2.45) is 0 Å². The van der Waals surface area contributed by atoms with Crippen LogP contribution in [0.15, 0.2) is 69.8 Å². The van der Waals surface area contributed by atoms with Crippen molar-refractivity contribution in [3.63, 3.8) is 0 Å². The zero-order valence-electron chi connectivity index (χ0n) is 13.2. The Labute approximate surface area is 162 Å². The second-order valence-corrected chi connectivity index (χ2v) is 6.85. The van der Waals surface area contributed by atoms with Gasteiger partial charge in [-0.3, -0.25) is 9.78 Å². The lowest BCUT2D eigenvalue weighted by atomic mass is 10.2. The molecule has 26 heavy (non-hydrogen) atoms. The molecule has 2 aromatic heterocycles. The average molecular weight is 429 g/mol. The molecule has 1 amide bonds. The molecular formula is C19H11BrClN3O2. The van der Waals surface area contributed by atoms with Gasteiger partial charge in [-0.05, 0) is 52.3 Å². The summed E-state index contributed by atoms with van der Waals surface area (Å²) in [7, 11) is 0. The van der Waals surface area contributed by atoms with Crippen molar-refractivity contribution < 1.29 is 9.21 Å². The number of amides is 1. The number of carbonyl (C=O) groups is 1. The highest BCUT2D eigenvalue weighted by atomic mass is 79.9. The van der Waals surface area contributed by atoms with Gasteiger partial charge < -0.3 is 9.73 Å². The Morgan fingerprint density at radius 1 is 1.12 bits per heavy atom. The van der Waals surface area contributed by atoms with Crippen LogP contribution in [0.5, 0.6) is 0 Å². The number of hydrogen-bond donors (Lipinski definition) is 1. The molecule has 4 aromatic rings. The highest BCUT2D eigenvalue weighted by molar-refractivity contribution is 9.10. The van der Waals surface area contributed by atoms with Crippen molar-refractivity contribution in [2.45, 2.75) is 0 Å². The van der Waals surface area contributed by atoms with Gasteiger partial charge in [0.15, 0.2) is 5.58 Å². The van der Waals surface area contributed by atoms with Gasteiger partial charge in [-0.1, -0.05) is 23.7 Å². The Morgan fingerprint density at radius 2 is 1.96 bits per heavy atom. The topological polar surface area (TPSA) is 68.0 Å². The van der Waals surface area contributed by atoms with Crippen molar-refractivity contribution in [2.75, 3.05) is 5.32 Å². The van der Waals surface area contributed by atoms with Crippen molar-refractivity contribution >= 4 is 50.2 Å². The summed E-state index contributed by atoms with van der Waals surface area (Å²) in [6, 6.07) is 14.0. The summed E-state index contributed by atoms with van der Waals surface area (Å²) in [6.07, 6.45) is 3.37. The first-order chi connectivity index (χ1) is 12.6. The van der Waals surface area contributed by atoms with Gasteiger partial charge in [0, 0.05) is 22.6 Å². The highest BCUT2D eigenvalue weighted by Gasteiger charge is 2.13. The van der Waals surface area contributed by atoms with E-state index in [4.69, 9.17) is 16.0 Å². The number of hydrogen-bond acceptors (Lipinski definition) is 4. The maximum absolute atomic E-state index is 12.4. The van der Waals surface area contributed by atoms with Gasteiger partial charge >= 0.3 is 0 Å². The second-order valence-electron chi connectivity index (χ2n) is 5.53. The van der Waals surface area contributed by atoms with Gasteiger partial charge in [-0.25, -0.2) is 4.98 Å². The molecule has 0 spiro atoms.